The molecule has 0 aliphatic heterocycles. The van der Waals surface area contributed by atoms with Gasteiger partial charge in [-0.05, 0) is 12.8 Å². The second-order valence-electron chi connectivity index (χ2n) is 2.98. The van der Waals surface area contributed by atoms with Crippen LogP contribution in [0.2, 0.25) is 0 Å². The average molecular weight is 200 g/mol. The number of carboxylic acids is 1. The molecule has 0 atom stereocenters. The molecule has 80 valence electrons. The lowest BCUT2D eigenvalue weighted by atomic mass is 9.85. The Hall–Kier alpha value is -1.19. The number of ketones is 2. The van der Waals surface area contributed by atoms with E-state index in [1.54, 1.807) is 0 Å². The predicted octanol–water partition coefficient (Wildman–Crippen LogP) is 1.43. The quantitative estimate of drug-likeness (QED) is 0.684. The first-order valence-corrected chi connectivity index (χ1v) is 4.90. The largest absolute Gasteiger partial charge is 0.475 e. The van der Waals surface area contributed by atoms with Crippen molar-refractivity contribution in [3.63, 3.8) is 0 Å². The summed E-state index contributed by atoms with van der Waals surface area (Å²) in [4.78, 5) is 31.9. The first-order chi connectivity index (χ1) is 6.61. The molecule has 4 nitrogen and oxygen atoms in total. The van der Waals surface area contributed by atoms with Crippen LogP contribution >= 0.6 is 0 Å². The molecule has 1 aliphatic carbocycles. The second kappa shape index (κ2) is 6.29. The Morgan fingerprint density at radius 3 is 2.00 bits per heavy atom. The van der Waals surface area contributed by atoms with Crippen molar-refractivity contribution in [2.45, 2.75) is 39.5 Å². The molecular formula is C10H16O4. The smallest absolute Gasteiger partial charge is 0.372 e. The molecule has 0 heterocycles. The molecule has 0 spiro atoms. The molecule has 0 amide bonds. The number of Topliss-reactive ketones (excluding diaryl/α,β-unsaturated/α-hetero) is 2. The molecule has 0 aromatic carbocycles. The lowest BCUT2D eigenvalue weighted by Gasteiger charge is -2.17. The van der Waals surface area contributed by atoms with Crippen molar-refractivity contribution in [3.8, 4) is 0 Å². The molecule has 0 aromatic heterocycles. The van der Waals surface area contributed by atoms with E-state index in [4.69, 9.17) is 5.11 Å². The van der Waals surface area contributed by atoms with Crippen molar-refractivity contribution in [1.29, 1.82) is 0 Å². The van der Waals surface area contributed by atoms with Crippen molar-refractivity contribution < 1.29 is 19.5 Å². The van der Waals surface area contributed by atoms with Crippen molar-refractivity contribution in [2.75, 3.05) is 0 Å². The monoisotopic (exact) mass is 200 g/mol. The summed E-state index contributed by atoms with van der Waals surface area (Å²) in [6.45, 7) is 4.00. The number of carbonyl (C=O) groups is 3. The molecule has 0 bridgehead atoms. The van der Waals surface area contributed by atoms with E-state index in [0.29, 0.717) is 25.7 Å². The van der Waals surface area contributed by atoms with Gasteiger partial charge in [-0.25, -0.2) is 4.79 Å². The first-order valence-electron chi connectivity index (χ1n) is 4.90. The summed E-state index contributed by atoms with van der Waals surface area (Å²) in [7, 11) is 0. The van der Waals surface area contributed by atoms with Crippen LogP contribution in [0.1, 0.15) is 39.5 Å². The summed E-state index contributed by atoms with van der Waals surface area (Å²) >= 11 is 0. The highest BCUT2D eigenvalue weighted by molar-refractivity contribution is 6.33. The Morgan fingerprint density at radius 1 is 1.21 bits per heavy atom. The Bertz CT molecular complexity index is 222. The van der Waals surface area contributed by atoms with Gasteiger partial charge in [0.1, 0.15) is 5.78 Å². The van der Waals surface area contributed by atoms with Crippen LogP contribution in [-0.4, -0.2) is 22.6 Å². The summed E-state index contributed by atoms with van der Waals surface area (Å²) in [6.07, 6.45) is 1.52. The normalized spacial score (nSPS) is 16.9. The van der Waals surface area contributed by atoms with Gasteiger partial charge < -0.3 is 5.11 Å². The van der Waals surface area contributed by atoms with E-state index < -0.39 is 17.7 Å². The number of carbonyl (C=O) groups excluding carboxylic acids is 2. The van der Waals surface area contributed by atoms with E-state index in [0.717, 1.165) is 0 Å². The van der Waals surface area contributed by atoms with Gasteiger partial charge in [0.2, 0.25) is 5.78 Å². The fraction of sp³-hybridized carbons (Fsp3) is 0.700. The average Bonchev–Trinajstić information content (AvgIpc) is 2.21. The number of hydrogen-bond acceptors (Lipinski definition) is 3. The first kappa shape index (κ1) is 12.8. The van der Waals surface area contributed by atoms with E-state index in [1.165, 1.54) is 0 Å². The summed E-state index contributed by atoms with van der Waals surface area (Å²) in [5.41, 5.74) is 0. The van der Waals surface area contributed by atoms with Gasteiger partial charge in [0.25, 0.3) is 0 Å². The van der Waals surface area contributed by atoms with E-state index in [-0.39, 0.29) is 5.78 Å². The highest BCUT2D eigenvalue weighted by atomic mass is 16.4. The van der Waals surface area contributed by atoms with Gasteiger partial charge in [0, 0.05) is 18.8 Å². The fourth-order valence-corrected chi connectivity index (χ4v) is 1.38. The van der Waals surface area contributed by atoms with Gasteiger partial charge >= 0.3 is 5.97 Å². The Labute approximate surface area is 83.3 Å². The van der Waals surface area contributed by atoms with Crippen LogP contribution in [0.25, 0.3) is 0 Å². The lowest BCUT2D eigenvalue weighted by Crippen LogP contribution is -2.27. The SMILES string of the molecule is CC.O=C1CCC(C(=O)C(=O)O)CC1. The highest BCUT2D eigenvalue weighted by Gasteiger charge is 2.28. The zero-order valence-electron chi connectivity index (χ0n) is 8.58. The van der Waals surface area contributed by atoms with Gasteiger partial charge in [0.15, 0.2) is 0 Å². The number of carboxylic acid groups (broad SMARTS) is 1. The molecule has 1 rings (SSSR count). The van der Waals surface area contributed by atoms with Crippen LogP contribution in [0.15, 0.2) is 0 Å². The number of hydrogen-bond donors (Lipinski definition) is 1. The third kappa shape index (κ3) is 3.68. The maximum atomic E-state index is 10.9. The Morgan fingerprint density at radius 2 is 1.64 bits per heavy atom. The number of rotatable bonds is 2. The van der Waals surface area contributed by atoms with Gasteiger partial charge in [-0.2, -0.15) is 0 Å². The minimum atomic E-state index is -1.38. The van der Waals surface area contributed by atoms with Gasteiger partial charge in [0.05, 0.1) is 0 Å². The van der Waals surface area contributed by atoms with Crippen LogP contribution in [0, 0.1) is 5.92 Å². The van der Waals surface area contributed by atoms with Crippen molar-refractivity contribution >= 4 is 17.5 Å². The molecule has 0 saturated heterocycles. The molecule has 4 heteroatoms. The van der Waals surface area contributed by atoms with Crippen LogP contribution in [0.4, 0.5) is 0 Å². The van der Waals surface area contributed by atoms with Crippen molar-refractivity contribution in [2.24, 2.45) is 5.92 Å². The number of aliphatic carboxylic acids is 1. The summed E-state index contributed by atoms with van der Waals surface area (Å²) < 4.78 is 0. The molecule has 1 aliphatic rings. The molecule has 1 N–H and O–H groups in total. The van der Waals surface area contributed by atoms with E-state index in [1.807, 2.05) is 13.8 Å². The molecule has 1 fully saturated rings. The Kier molecular flexibility index (Phi) is 5.76. The van der Waals surface area contributed by atoms with Crippen LogP contribution in [0.5, 0.6) is 0 Å². The molecule has 14 heavy (non-hydrogen) atoms. The zero-order chi connectivity index (χ0) is 11.1. The minimum Gasteiger partial charge on any atom is -0.475 e. The maximum Gasteiger partial charge on any atom is 0.372 e. The van der Waals surface area contributed by atoms with Crippen molar-refractivity contribution in [1.82, 2.24) is 0 Å². The van der Waals surface area contributed by atoms with Crippen LogP contribution in [-0.2, 0) is 14.4 Å². The third-order valence-electron chi connectivity index (χ3n) is 2.12. The molecule has 1 saturated carbocycles. The fourth-order valence-electron chi connectivity index (χ4n) is 1.38. The molecule has 0 unspecified atom stereocenters. The third-order valence-corrected chi connectivity index (χ3v) is 2.12. The zero-order valence-corrected chi connectivity index (χ0v) is 8.58. The van der Waals surface area contributed by atoms with Crippen LogP contribution in [0.3, 0.4) is 0 Å². The van der Waals surface area contributed by atoms with E-state index in [2.05, 4.69) is 0 Å². The van der Waals surface area contributed by atoms with Gasteiger partial charge in [-0.3, -0.25) is 9.59 Å². The molecule has 0 radical (unpaired) electrons. The van der Waals surface area contributed by atoms with Crippen LogP contribution < -0.4 is 0 Å². The van der Waals surface area contributed by atoms with E-state index >= 15 is 0 Å². The second-order valence-corrected chi connectivity index (χ2v) is 2.98. The Balaban J connectivity index is 0.000000791. The summed E-state index contributed by atoms with van der Waals surface area (Å²) in [5, 5.41) is 8.37. The standard InChI is InChI=1S/C8H10O4.C2H6/c9-6-3-1-5(2-4-6)7(10)8(11)12;1-2/h5H,1-4H2,(H,11,12);1-2H3. The topological polar surface area (TPSA) is 71.4 Å². The maximum absolute atomic E-state index is 10.9. The summed E-state index contributed by atoms with van der Waals surface area (Å²) in [5.74, 6) is -2.43. The molecular weight excluding hydrogens is 184 g/mol. The minimum absolute atomic E-state index is 0.129. The summed E-state index contributed by atoms with van der Waals surface area (Å²) in [6, 6.07) is 0. The van der Waals surface area contributed by atoms with Gasteiger partial charge in [-0.1, -0.05) is 13.8 Å². The van der Waals surface area contributed by atoms with E-state index in [9.17, 15) is 14.4 Å². The van der Waals surface area contributed by atoms with Gasteiger partial charge in [-0.15, -0.1) is 0 Å². The molecule has 0 aromatic rings. The lowest BCUT2D eigenvalue weighted by molar-refractivity contribution is -0.151. The highest BCUT2D eigenvalue weighted by Crippen LogP contribution is 2.22. The predicted molar refractivity (Wildman–Crippen MR) is 51.0 cm³/mol. The van der Waals surface area contributed by atoms with Crippen molar-refractivity contribution in [3.05, 3.63) is 0 Å².